The molecule has 6 rings (SSSR count). The second kappa shape index (κ2) is 20.6. The Labute approximate surface area is 357 Å². The van der Waals surface area contributed by atoms with E-state index in [0.717, 1.165) is 65.4 Å². The number of pyridine rings is 1. The molecule has 60 heavy (non-hydrogen) atoms. The van der Waals surface area contributed by atoms with Gasteiger partial charge in [-0.05, 0) is 71.5 Å². The summed E-state index contributed by atoms with van der Waals surface area (Å²) in [5, 5.41) is 48.4. The molecule has 0 bridgehead atoms. The Morgan fingerprint density at radius 2 is 1.42 bits per heavy atom. The van der Waals surface area contributed by atoms with Gasteiger partial charge in [0, 0.05) is 68.4 Å². The first-order valence-corrected chi connectivity index (χ1v) is 20.6. The van der Waals surface area contributed by atoms with Gasteiger partial charge in [0.1, 0.15) is 29.7 Å². The van der Waals surface area contributed by atoms with Crippen LogP contribution < -0.4 is 25.4 Å². The molecular formula is C45H48ClN5O8S. The maximum absolute atomic E-state index is 11.0. The lowest BCUT2D eigenvalue weighted by Crippen LogP contribution is -2.28. The fourth-order valence-corrected chi connectivity index (χ4v) is 8.12. The minimum absolute atomic E-state index is 0.0695. The second-order valence-electron chi connectivity index (χ2n) is 14.5. The maximum atomic E-state index is 11.0. The molecule has 0 amide bonds. The first kappa shape index (κ1) is 44.0. The molecule has 2 aromatic heterocycles. The number of nitrogens with zero attached hydrogens (tertiary/aromatic N) is 2. The summed E-state index contributed by atoms with van der Waals surface area (Å²) in [7, 11) is 1.81. The van der Waals surface area contributed by atoms with Crippen molar-refractivity contribution in [1.29, 1.82) is 0 Å². The van der Waals surface area contributed by atoms with Crippen LogP contribution in [0.5, 0.6) is 11.5 Å². The number of carbonyl (C=O) groups is 2. The number of carboxylic acid groups (broad SMARTS) is 2. The quantitative estimate of drug-likeness (QED) is 0.0380. The van der Waals surface area contributed by atoms with Crippen molar-refractivity contribution in [2.24, 2.45) is 0 Å². The molecule has 314 valence electrons. The van der Waals surface area contributed by atoms with Gasteiger partial charge in [-0.3, -0.25) is 14.6 Å². The number of rotatable bonds is 21. The molecule has 0 fully saturated rings. The van der Waals surface area contributed by atoms with Crippen LogP contribution in [-0.2, 0) is 35.9 Å². The van der Waals surface area contributed by atoms with E-state index in [1.54, 1.807) is 35.9 Å². The van der Waals surface area contributed by atoms with E-state index in [4.69, 9.17) is 36.3 Å². The SMILES string of the molecule is CNc1cncc(COc2cc(OCc3cccc(-c4cccc(-c5nc6ccc(CNC[C@@H](O)CC(=O)O)cc6s5)c4C)c3C)c(Cl)cc2CNC[C@@H](O)CC(=O)O)c1. The summed E-state index contributed by atoms with van der Waals surface area (Å²) in [6.45, 7) is 5.64. The summed E-state index contributed by atoms with van der Waals surface area (Å²) in [6.07, 6.45) is 0.756. The van der Waals surface area contributed by atoms with Crippen LogP contribution in [0.2, 0.25) is 5.02 Å². The van der Waals surface area contributed by atoms with Gasteiger partial charge in [-0.2, -0.15) is 0 Å². The van der Waals surface area contributed by atoms with Crippen LogP contribution in [0.15, 0.2) is 85.2 Å². The Kier molecular flexibility index (Phi) is 15.1. The van der Waals surface area contributed by atoms with Crippen LogP contribution in [0, 0.1) is 13.8 Å². The summed E-state index contributed by atoms with van der Waals surface area (Å²) in [5.74, 6) is -1.18. The summed E-state index contributed by atoms with van der Waals surface area (Å²) >= 11 is 8.40. The molecule has 6 aromatic rings. The number of halogens is 1. The highest BCUT2D eigenvalue weighted by molar-refractivity contribution is 7.21. The summed E-state index contributed by atoms with van der Waals surface area (Å²) in [5.41, 5.74) is 10.6. The van der Waals surface area contributed by atoms with E-state index < -0.39 is 24.1 Å². The average molecular weight is 854 g/mol. The van der Waals surface area contributed by atoms with Crippen LogP contribution >= 0.6 is 22.9 Å². The lowest BCUT2D eigenvalue weighted by molar-refractivity contribution is -0.140. The Hall–Kier alpha value is -5.61. The highest BCUT2D eigenvalue weighted by atomic mass is 35.5. The molecule has 0 spiro atoms. The molecule has 0 radical (unpaired) electrons. The van der Waals surface area contributed by atoms with Gasteiger partial charge >= 0.3 is 11.9 Å². The van der Waals surface area contributed by atoms with Gasteiger partial charge in [0.15, 0.2) is 0 Å². The van der Waals surface area contributed by atoms with Crippen LogP contribution in [0.1, 0.15) is 46.2 Å². The molecule has 0 aliphatic carbocycles. The van der Waals surface area contributed by atoms with E-state index in [0.29, 0.717) is 28.6 Å². The zero-order valence-electron chi connectivity index (χ0n) is 33.5. The molecule has 0 unspecified atom stereocenters. The molecule has 0 saturated carbocycles. The van der Waals surface area contributed by atoms with Crippen molar-refractivity contribution in [2.75, 3.05) is 25.5 Å². The fourth-order valence-electron chi connectivity index (χ4n) is 6.77. The van der Waals surface area contributed by atoms with Crippen LogP contribution in [0.4, 0.5) is 5.69 Å². The second-order valence-corrected chi connectivity index (χ2v) is 15.9. The number of aliphatic hydroxyl groups is 2. The van der Waals surface area contributed by atoms with Gasteiger partial charge in [0.05, 0.1) is 46.0 Å². The Morgan fingerprint density at radius 1 is 0.750 bits per heavy atom. The highest BCUT2D eigenvalue weighted by Gasteiger charge is 2.18. The van der Waals surface area contributed by atoms with Gasteiger partial charge in [-0.25, -0.2) is 4.98 Å². The molecule has 0 saturated heterocycles. The van der Waals surface area contributed by atoms with Crippen LogP contribution in [-0.4, -0.2) is 74.7 Å². The number of fused-ring (bicyclic) bond motifs is 1. The number of aliphatic carboxylic acids is 2. The van der Waals surface area contributed by atoms with E-state index >= 15 is 0 Å². The van der Waals surface area contributed by atoms with Crippen molar-refractivity contribution in [3.05, 3.63) is 124 Å². The molecule has 2 atom stereocenters. The predicted octanol–water partition coefficient (Wildman–Crippen LogP) is 7.35. The van der Waals surface area contributed by atoms with E-state index in [1.807, 2.05) is 43.4 Å². The van der Waals surface area contributed by atoms with Gasteiger partial charge in [-0.1, -0.05) is 54.1 Å². The largest absolute Gasteiger partial charge is 0.488 e. The van der Waals surface area contributed by atoms with Crippen molar-refractivity contribution in [3.63, 3.8) is 0 Å². The molecule has 0 aliphatic heterocycles. The standard InChI is InChI=1S/C45H48ClN5O8S/c1-26-30(25-59-41-17-40(58-24-29-12-32(47-3)21-48-19-29)31(14-38(41)46)20-50-23-34(53)16-44(56)57)6-4-7-35(26)36-8-5-9-37(27(36)2)45-51-39-11-10-28(13-42(39)60-45)18-49-22-33(52)15-43(54)55/h4-14,17,19,21,33-34,47,49-50,52-53H,15-16,18,20,22-25H2,1-3H3,(H,54,55)(H,56,57)/t33-,34-/m0/s1. The normalized spacial score (nSPS) is 12.3. The summed E-state index contributed by atoms with van der Waals surface area (Å²) < 4.78 is 13.7. The van der Waals surface area contributed by atoms with Crippen LogP contribution in [0.3, 0.4) is 0 Å². The predicted molar refractivity (Wildman–Crippen MR) is 234 cm³/mol. The van der Waals surface area contributed by atoms with Gasteiger partial charge < -0.3 is 45.9 Å². The van der Waals surface area contributed by atoms with Gasteiger partial charge in [0.25, 0.3) is 0 Å². The molecule has 13 nitrogen and oxygen atoms in total. The molecule has 15 heteroatoms. The first-order valence-electron chi connectivity index (χ1n) is 19.4. The monoisotopic (exact) mass is 853 g/mol. The molecule has 4 aromatic carbocycles. The topological polar surface area (TPSA) is 195 Å². The Morgan fingerprint density at radius 3 is 2.13 bits per heavy atom. The molecular weight excluding hydrogens is 806 g/mol. The lowest BCUT2D eigenvalue weighted by atomic mass is 9.91. The van der Waals surface area contributed by atoms with Crippen molar-refractivity contribution in [3.8, 4) is 33.2 Å². The smallest absolute Gasteiger partial charge is 0.306 e. The van der Waals surface area contributed by atoms with E-state index in [-0.39, 0.29) is 45.7 Å². The van der Waals surface area contributed by atoms with E-state index in [1.165, 1.54) is 0 Å². The first-order chi connectivity index (χ1) is 28.9. The van der Waals surface area contributed by atoms with Crippen LogP contribution in [0.25, 0.3) is 31.9 Å². The average Bonchev–Trinajstić information content (AvgIpc) is 3.63. The number of benzene rings is 4. The van der Waals surface area contributed by atoms with E-state index in [2.05, 4.69) is 59.0 Å². The Balaban J connectivity index is 1.19. The maximum Gasteiger partial charge on any atom is 0.306 e. The minimum atomic E-state index is -1.08. The van der Waals surface area contributed by atoms with Crippen molar-refractivity contribution >= 4 is 50.8 Å². The number of aliphatic hydroxyl groups excluding tert-OH is 2. The van der Waals surface area contributed by atoms with E-state index in [9.17, 15) is 19.8 Å². The number of hydrogen-bond acceptors (Lipinski definition) is 12. The number of anilines is 1. The zero-order valence-corrected chi connectivity index (χ0v) is 35.1. The van der Waals surface area contributed by atoms with Crippen molar-refractivity contribution < 1.29 is 39.5 Å². The fraction of sp³-hybridized carbons (Fsp3) is 0.289. The molecule has 2 heterocycles. The summed E-state index contributed by atoms with van der Waals surface area (Å²) in [6, 6.07) is 23.8. The third-order valence-corrected chi connectivity index (χ3v) is 11.3. The Bertz CT molecular complexity index is 2460. The number of hydrogen-bond donors (Lipinski definition) is 7. The van der Waals surface area contributed by atoms with Crippen molar-refractivity contribution in [1.82, 2.24) is 20.6 Å². The van der Waals surface area contributed by atoms with Gasteiger partial charge in [0.2, 0.25) is 0 Å². The molecule has 7 N–H and O–H groups in total. The summed E-state index contributed by atoms with van der Waals surface area (Å²) in [4.78, 5) is 31.1. The molecule has 0 aliphatic rings. The highest BCUT2D eigenvalue weighted by Crippen LogP contribution is 2.39. The zero-order chi connectivity index (χ0) is 42.8. The number of ether oxygens (including phenoxy) is 2. The van der Waals surface area contributed by atoms with Gasteiger partial charge in [-0.15, -0.1) is 11.3 Å². The third-order valence-electron chi connectivity index (χ3n) is 9.95. The minimum Gasteiger partial charge on any atom is -0.488 e. The number of carboxylic acids is 2. The number of nitrogens with one attached hydrogen (secondary N) is 3. The number of aromatic nitrogens is 2. The third kappa shape index (κ3) is 11.6. The number of thiazole rings is 1. The lowest BCUT2D eigenvalue weighted by Gasteiger charge is -2.18. The van der Waals surface area contributed by atoms with Crippen molar-refractivity contribution in [2.45, 2.75) is 65.2 Å².